The molecular formula is C14H20O. The lowest BCUT2D eigenvalue weighted by Crippen LogP contribution is -2.19. The summed E-state index contributed by atoms with van der Waals surface area (Å²) in [6.07, 6.45) is 0. The maximum absolute atomic E-state index is 5.68. The first-order valence-electron chi connectivity index (χ1n) is 5.58. The van der Waals surface area contributed by atoms with Crippen LogP contribution in [0.15, 0.2) is 18.2 Å². The second kappa shape index (κ2) is 3.01. The summed E-state index contributed by atoms with van der Waals surface area (Å²) in [4.78, 5) is 0. The van der Waals surface area contributed by atoms with E-state index in [2.05, 4.69) is 52.8 Å². The number of benzene rings is 1. The van der Waals surface area contributed by atoms with E-state index in [1.807, 2.05) is 0 Å². The van der Waals surface area contributed by atoms with E-state index in [0.29, 0.717) is 0 Å². The molecule has 1 aliphatic rings. The number of rotatable bonds is 0. The Kier molecular flexibility index (Phi) is 2.11. The second-order valence-electron chi connectivity index (χ2n) is 6.13. The quantitative estimate of drug-likeness (QED) is 0.626. The Bertz CT molecular complexity index is 383. The topological polar surface area (TPSA) is 9.23 Å². The fourth-order valence-corrected chi connectivity index (χ4v) is 1.99. The van der Waals surface area contributed by atoms with Crippen molar-refractivity contribution in [2.24, 2.45) is 0 Å². The van der Waals surface area contributed by atoms with Crippen molar-refractivity contribution in [3.63, 3.8) is 0 Å². The molecule has 1 heterocycles. The monoisotopic (exact) mass is 204 g/mol. The lowest BCUT2D eigenvalue weighted by molar-refractivity contribution is 0.291. The van der Waals surface area contributed by atoms with Crippen LogP contribution >= 0.6 is 0 Å². The fourth-order valence-electron chi connectivity index (χ4n) is 1.99. The highest BCUT2D eigenvalue weighted by molar-refractivity contribution is 5.46. The highest BCUT2D eigenvalue weighted by Gasteiger charge is 2.32. The molecule has 0 aromatic heterocycles. The third-order valence-electron chi connectivity index (χ3n) is 3.16. The Balaban J connectivity index is 2.51. The van der Waals surface area contributed by atoms with Gasteiger partial charge in [-0.2, -0.15) is 0 Å². The van der Waals surface area contributed by atoms with Gasteiger partial charge >= 0.3 is 0 Å². The van der Waals surface area contributed by atoms with Crippen LogP contribution in [0.3, 0.4) is 0 Å². The zero-order valence-corrected chi connectivity index (χ0v) is 10.3. The summed E-state index contributed by atoms with van der Waals surface area (Å²) in [5.41, 5.74) is 3.12. The van der Waals surface area contributed by atoms with Crippen molar-refractivity contribution in [1.29, 1.82) is 0 Å². The van der Waals surface area contributed by atoms with Gasteiger partial charge in [-0.3, -0.25) is 0 Å². The molecule has 0 saturated carbocycles. The van der Waals surface area contributed by atoms with Crippen LogP contribution in [0.4, 0.5) is 0 Å². The van der Waals surface area contributed by atoms with Crippen molar-refractivity contribution in [2.45, 2.75) is 45.4 Å². The molecule has 1 nitrogen and oxygen atoms in total. The average molecular weight is 204 g/mol. The van der Waals surface area contributed by atoms with Crippen LogP contribution in [-0.2, 0) is 10.8 Å². The molecule has 1 aromatic carbocycles. The van der Waals surface area contributed by atoms with Crippen molar-refractivity contribution in [3.8, 4) is 5.75 Å². The number of hydrogen-bond acceptors (Lipinski definition) is 1. The standard InChI is InChI=1S/C14H20O/c1-13(2,3)10-6-7-12-11(8-10)14(4,5)9-15-12/h6-8H,9H2,1-5H3. The Morgan fingerprint density at radius 2 is 1.87 bits per heavy atom. The zero-order chi connectivity index (χ0) is 11.3. The second-order valence-corrected chi connectivity index (χ2v) is 6.13. The molecule has 2 rings (SSSR count). The first-order valence-corrected chi connectivity index (χ1v) is 5.58. The van der Waals surface area contributed by atoms with Gasteiger partial charge in [0, 0.05) is 11.0 Å². The van der Waals surface area contributed by atoms with Gasteiger partial charge in [0.05, 0.1) is 6.61 Å². The van der Waals surface area contributed by atoms with Gasteiger partial charge in [-0.05, 0) is 17.0 Å². The van der Waals surface area contributed by atoms with E-state index in [1.165, 1.54) is 11.1 Å². The molecule has 0 aliphatic carbocycles. The molecule has 0 unspecified atom stereocenters. The smallest absolute Gasteiger partial charge is 0.123 e. The third-order valence-corrected chi connectivity index (χ3v) is 3.16. The molecule has 0 N–H and O–H groups in total. The van der Waals surface area contributed by atoms with Crippen molar-refractivity contribution in [3.05, 3.63) is 29.3 Å². The summed E-state index contributed by atoms with van der Waals surface area (Å²) in [5.74, 6) is 1.06. The molecule has 1 heteroatoms. The van der Waals surface area contributed by atoms with Gasteiger partial charge in [-0.15, -0.1) is 0 Å². The minimum Gasteiger partial charge on any atom is -0.492 e. The molecule has 0 radical (unpaired) electrons. The van der Waals surface area contributed by atoms with Crippen LogP contribution < -0.4 is 4.74 Å². The van der Waals surface area contributed by atoms with Crippen LogP contribution in [-0.4, -0.2) is 6.61 Å². The molecule has 15 heavy (non-hydrogen) atoms. The molecule has 0 spiro atoms. The summed E-state index contributed by atoms with van der Waals surface area (Å²) in [5, 5.41) is 0. The lowest BCUT2D eigenvalue weighted by Gasteiger charge is -2.22. The van der Waals surface area contributed by atoms with Gasteiger partial charge in [0.15, 0.2) is 0 Å². The van der Waals surface area contributed by atoms with E-state index in [9.17, 15) is 0 Å². The van der Waals surface area contributed by atoms with E-state index < -0.39 is 0 Å². The van der Waals surface area contributed by atoms with Gasteiger partial charge in [-0.25, -0.2) is 0 Å². The van der Waals surface area contributed by atoms with Crippen LogP contribution in [0, 0.1) is 0 Å². The third kappa shape index (κ3) is 1.75. The molecule has 0 fully saturated rings. The van der Waals surface area contributed by atoms with Crippen LogP contribution in [0.25, 0.3) is 0 Å². The Labute approximate surface area is 92.5 Å². The summed E-state index contributed by atoms with van der Waals surface area (Å²) < 4.78 is 5.68. The number of fused-ring (bicyclic) bond motifs is 1. The molecule has 0 atom stereocenters. The van der Waals surface area contributed by atoms with Crippen molar-refractivity contribution >= 4 is 0 Å². The van der Waals surface area contributed by atoms with E-state index in [4.69, 9.17) is 4.74 Å². The predicted octanol–water partition coefficient (Wildman–Crippen LogP) is 3.65. The predicted molar refractivity (Wildman–Crippen MR) is 63.7 cm³/mol. The van der Waals surface area contributed by atoms with Gasteiger partial charge in [0.25, 0.3) is 0 Å². The Hall–Kier alpha value is -0.980. The molecule has 1 aromatic rings. The molecule has 0 saturated heterocycles. The maximum atomic E-state index is 5.68. The fraction of sp³-hybridized carbons (Fsp3) is 0.571. The van der Waals surface area contributed by atoms with Gasteiger partial charge in [-0.1, -0.05) is 46.8 Å². The highest BCUT2D eigenvalue weighted by atomic mass is 16.5. The van der Waals surface area contributed by atoms with Gasteiger partial charge in [0.2, 0.25) is 0 Å². The Morgan fingerprint density at radius 3 is 2.47 bits per heavy atom. The summed E-state index contributed by atoms with van der Waals surface area (Å²) in [7, 11) is 0. The zero-order valence-electron chi connectivity index (χ0n) is 10.3. The van der Waals surface area contributed by atoms with E-state index >= 15 is 0 Å². The van der Waals surface area contributed by atoms with Gasteiger partial charge in [0.1, 0.15) is 5.75 Å². The normalized spacial score (nSPS) is 18.5. The number of ether oxygens (including phenoxy) is 1. The number of hydrogen-bond donors (Lipinski definition) is 0. The first kappa shape index (κ1) is 10.5. The largest absolute Gasteiger partial charge is 0.492 e. The maximum Gasteiger partial charge on any atom is 0.123 e. The highest BCUT2D eigenvalue weighted by Crippen LogP contribution is 2.40. The molecule has 0 amide bonds. The molecular weight excluding hydrogens is 184 g/mol. The summed E-state index contributed by atoms with van der Waals surface area (Å²) in [6, 6.07) is 6.60. The molecule has 1 aliphatic heterocycles. The SMILES string of the molecule is CC(C)(C)c1ccc2c(c1)C(C)(C)CO2. The first-order chi connectivity index (χ1) is 6.81. The van der Waals surface area contributed by atoms with Crippen molar-refractivity contribution < 1.29 is 4.74 Å². The Morgan fingerprint density at radius 1 is 1.20 bits per heavy atom. The molecule has 0 bridgehead atoms. The molecule has 82 valence electrons. The van der Waals surface area contributed by atoms with Crippen molar-refractivity contribution in [1.82, 2.24) is 0 Å². The van der Waals surface area contributed by atoms with E-state index in [0.717, 1.165) is 12.4 Å². The van der Waals surface area contributed by atoms with Gasteiger partial charge < -0.3 is 4.74 Å². The average Bonchev–Trinajstić information content (AvgIpc) is 2.41. The van der Waals surface area contributed by atoms with Crippen LogP contribution in [0.2, 0.25) is 0 Å². The summed E-state index contributed by atoms with van der Waals surface area (Å²) in [6.45, 7) is 12.0. The summed E-state index contributed by atoms with van der Waals surface area (Å²) >= 11 is 0. The van der Waals surface area contributed by atoms with Crippen LogP contribution in [0.5, 0.6) is 5.75 Å². The van der Waals surface area contributed by atoms with Crippen LogP contribution in [0.1, 0.15) is 45.7 Å². The van der Waals surface area contributed by atoms with Crippen molar-refractivity contribution in [2.75, 3.05) is 6.61 Å². The minimum atomic E-state index is 0.163. The van der Waals surface area contributed by atoms with E-state index in [-0.39, 0.29) is 10.8 Å². The van der Waals surface area contributed by atoms with E-state index in [1.54, 1.807) is 0 Å². The lowest BCUT2D eigenvalue weighted by atomic mass is 9.81. The minimum absolute atomic E-state index is 0.163.